The molecule has 1 aromatic carbocycles. The van der Waals surface area contributed by atoms with Gasteiger partial charge in [-0.1, -0.05) is 11.6 Å². The molecule has 0 heterocycles. The van der Waals surface area contributed by atoms with Gasteiger partial charge < -0.3 is 15.2 Å². The molecule has 1 amide bonds. The van der Waals surface area contributed by atoms with Crippen molar-refractivity contribution in [3.8, 4) is 5.75 Å². The molecule has 8 heteroatoms. The van der Waals surface area contributed by atoms with Gasteiger partial charge in [-0.25, -0.2) is 4.79 Å². The molecule has 0 aliphatic carbocycles. The maximum atomic E-state index is 12.0. The highest BCUT2D eigenvalue weighted by molar-refractivity contribution is 6.32. The third-order valence-corrected chi connectivity index (χ3v) is 2.09. The second-order valence-corrected chi connectivity index (χ2v) is 3.59. The third-order valence-electron chi connectivity index (χ3n) is 1.79. The minimum atomic E-state index is -3.00. The average Bonchev–Trinajstić information content (AvgIpc) is 2.29. The van der Waals surface area contributed by atoms with Gasteiger partial charge in [0.2, 0.25) is 5.91 Å². The topological polar surface area (TPSA) is 75.6 Å². The van der Waals surface area contributed by atoms with Crippen molar-refractivity contribution in [2.45, 2.75) is 6.61 Å². The van der Waals surface area contributed by atoms with Gasteiger partial charge >= 0.3 is 12.6 Å². The molecule has 5 nitrogen and oxygen atoms in total. The molecule has 0 saturated carbocycles. The Kier molecular flexibility index (Phi) is 5.25. The van der Waals surface area contributed by atoms with E-state index in [0.29, 0.717) is 6.08 Å². The first-order valence-corrected chi connectivity index (χ1v) is 5.22. The molecule has 0 unspecified atom stereocenters. The standard InChI is InChI=1S/C11H8ClF2NO4/c12-7-5-6(1-2-8(7)19-11(13)14)15-9(16)3-4-10(17)18/h1-5,11H,(H,15,16)(H,17,18)/b4-3+. The van der Waals surface area contributed by atoms with E-state index < -0.39 is 18.5 Å². The molecule has 0 aromatic heterocycles. The van der Waals surface area contributed by atoms with Crippen LogP contribution in [-0.2, 0) is 9.59 Å². The van der Waals surface area contributed by atoms with Gasteiger partial charge in [0, 0.05) is 17.8 Å². The second-order valence-electron chi connectivity index (χ2n) is 3.18. The van der Waals surface area contributed by atoms with Gasteiger partial charge in [-0.2, -0.15) is 8.78 Å². The first-order valence-electron chi connectivity index (χ1n) is 4.85. The fourth-order valence-electron chi connectivity index (χ4n) is 1.10. The minimum absolute atomic E-state index is 0.111. The number of carbonyl (C=O) groups excluding carboxylic acids is 1. The van der Waals surface area contributed by atoms with Crippen molar-refractivity contribution in [3.05, 3.63) is 35.4 Å². The van der Waals surface area contributed by atoms with Crippen molar-refractivity contribution in [1.82, 2.24) is 0 Å². The minimum Gasteiger partial charge on any atom is -0.478 e. The summed E-state index contributed by atoms with van der Waals surface area (Å²) in [5.74, 6) is -2.19. The smallest absolute Gasteiger partial charge is 0.387 e. The number of ether oxygens (including phenoxy) is 1. The summed E-state index contributed by atoms with van der Waals surface area (Å²) >= 11 is 5.66. The summed E-state index contributed by atoms with van der Waals surface area (Å²) in [7, 11) is 0. The summed E-state index contributed by atoms with van der Waals surface area (Å²) in [6, 6.07) is 3.65. The number of hydrogen-bond donors (Lipinski definition) is 2. The Morgan fingerprint density at radius 2 is 2.05 bits per heavy atom. The average molecular weight is 292 g/mol. The van der Waals surface area contributed by atoms with Crippen LogP contribution in [0.4, 0.5) is 14.5 Å². The highest BCUT2D eigenvalue weighted by atomic mass is 35.5. The number of amides is 1. The van der Waals surface area contributed by atoms with Gasteiger partial charge in [-0.3, -0.25) is 4.79 Å². The number of carboxylic acids is 1. The molecule has 0 aliphatic rings. The van der Waals surface area contributed by atoms with Crippen LogP contribution < -0.4 is 10.1 Å². The number of benzene rings is 1. The van der Waals surface area contributed by atoms with Crippen LogP contribution in [0.1, 0.15) is 0 Å². The van der Waals surface area contributed by atoms with E-state index in [1.54, 1.807) is 0 Å². The predicted octanol–water partition coefficient (Wildman–Crippen LogP) is 2.52. The summed E-state index contributed by atoms with van der Waals surface area (Å²) in [4.78, 5) is 21.4. The number of carboxylic acid groups (broad SMARTS) is 1. The molecule has 0 spiro atoms. The summed E-state index contributed by atoms with van der Waals surface area (Å²) in [5, 5.41) is 10.5. The van der Waals surface area contributed by atoms with E-state index in [0.717, 1.165) is 12.1 Å². The Morgan fingerprint density at radius 3 is 2.58 bits per heavy atom. The zero-order chi connectivity index (χ0) is 14.4. The Bertz CT molecular complexity index is 519. The van der Waals surface area contributed by atoms with E-state index in [2.05, 4.69) is 10.1 Å². The molecule has 102 valence electrons. The van der Waals surface area contributed by atoms with Gasteiger partial charge in [-0.15, -0.1) is 0 Å². The molecular weight excluding hydrogens is 284 g/mol. The van der Waals surface area contributed by atoms with Crippen LogP contribution in [0, 0.1) is 0 Å². The van der Waals surface area contributed by atoms with Crippen molar-refractivity contribution in [1.29, 1.82) is 0 Å². The number of aliphatic carboxylic acids is 1. The fourth-order valence-corrected chi connectivity index (χ4v) is 1.33. The zero-order valence-electron chi connectivity index (χ0n) is 9.27. The second kappa shape index (κ2) is 6.69. The molecule has 2 N–H and O–H groups in total. The number of rotatable bonds is 5. The van der Waals surface area contributed by atoms with Crippen LogP contribution in [-0.4, -0.2) is 23.6 Å². The van der Waals surface area contributed by atoms with Crippen molar-refractivity contribution in [2.75, 3.05) is 5.32 Å². The number of alkyl halides is 2. The number of hydrogen-bond acceptors (Lipinski definition) is 3. The normalized spacial score (nSPS) is 10.7. The van der Waals surface area contributed by atoms with Crippen LogP contribution in [0.3, 0.4) is 0 Å². The fraction of sp³-hybridized carbons (Fsp3) is 0.0909. The Hall–Kier alpha value is -2.15. The van der Waals surface area contributed by atoms with Crippen molar-refractivity contribution < 1.29 is 28.2 Å². The molecule has 0 saturated heterocycles. The van der Waals surface area contributed by atoms with E-state index in [-0.39, 0.29) is 16.5 Å². The van der Waals surface area contributed by atoms with Crippen molar-refractivity contribution in [3.63, 3.8) is 0 Å². The quantitative estimate of drug-likeness (QED) is 0.817. The lowest BCUT2D eigenvalue weighted by Gasteiger charge is -2.08. The zero-order valence-corrected chi connectivity index (χ0v) is 10.0. The molecule has 1 rings (SSSR count). The molecule has 19 heavy (non-hydrogen) atoms. The predicted molar refractivity (Wildman–Crippen MR) is 63.5 cm³/mol. The van der Waals surface area contributed by atoms with Crippen molar-refractivity contribution >= 4 is 29.2 Å². The summed E-state index contributed by atoms with van der Waals surface area (Å²) in [5.41, 5.74) is 0.214. The van der Waals surface area contributed by atoms with Crippen molar-refractivity contribution in [2.24, 2.45) is 0 Å². The van der Waals surface area contributed by atoms with E-state index >= 15 is 0 Å². The van der Waals surface area contributed by atoms with E-state index in [9.17, 15) is 18.4 Å². The van der Waals surface area contributed by atoms with Gasteiger partial charge in [0.15, 0.2) is 0 Å². The van der Waals surface area contributed by atoms with E-state index in [1.165, 1.54) is 12.1 Å². The summed E-state index contributed by atoms with van der Waals surface area (Å²) in [6.07, 6.45) is 1.46. The number of halogens is 3. The molecule has 0 aliphatic heterocycles. The highest BCUT2D eigenvalue weighted by Gasteiger charge is 2.09. The molecule has 0 radical (unpaired) electrons. The maximum absolute atomic E-state index is 12.0. The Morgan fingerprint density at radius 1 is 1.37 bits per heavy atom. The van der Waals surface area contributed by atoms with E-state index in [1.807, 2.05) is 0 Å². The van der Waals surface area contributed by atoms with Gasteiger partial charge in [0.25, 0.3) is 0 Å². The van der Waals surface area contributed by atoms with Crippen LogP contribution in [0.15, 0.2) is 30.4 Å². The van der Waals surface area contributed by atoms with Gasteiger partial charge in [-0.05, 0) is 18.2 Å². The number of carbonyl (C=O) groups is 2. The monoisotopic (exact) mass is 291 g/mol. The molecule has 1 aromatic rings. The number of nitrogens with one attached hydrogen (secondary N) is 1. The summed E-state index contributed by atoms with van der Waals surface area (Å²) in [6.45, 7) is -3.00. The van der Waals surface area contributed by atoms with Gasteiger partial charge in [0.1, 0.15) is 5.75 Å². The Labute approximate surface area is 111 Å². The van der Waals surface area contributed by atoms with Crippen LogP contribution in [0.25, 0.3) is 0 Å². The SMILES string of the molecule is O=C(O)/C=C/C(=O)Nc1ccc(OC(F)F)c(Cl)c1. The highest BCUT2D eigenvalue weighted by Crippen LogP contribution is 2.28. The first-order chi connectivity index (χ1) is 8.88. The summed E-state index contributed by atoms with van der Waals surface area (Å²) < 4.78 is 28.1. The van der Waals surface area contributed by atoms with Crippen LogP contribution in [0.5, 0.6) is 5.75 Å². The largest absolute Gasteiger partial charge is 0.478 e. The first kappa shape index (κ1) is 14.9. The third kappa shape index (κ3) is 5.35. The lowest BCUT2D eigenvalue weighted by molar-refractivity contribution is -0.131. The van der Waals surface area contributed by atoms with E-state index in [4.69, 9.17) is 16.7 Å². The molecule has 0 fully saturated rings. The molecular formula is C11H8ClF2NO4. The van der Waals surface area contributed by atoms with Gasteiger partial charge in [0.05, 0.1) is 5.02 Å². The lowest BCUT2D eigenvalue weighted by Crippen LogP contribution is -2.09. The van der Waals surface area contributed by atoms with Crippen LogP contribution >= 0.6 is 11.6 Å². The Balaban J connectivity index is 2.73. The number of anilines is 1. The lowest BCUT2D eigenvalue weighted by atomic mass is 10.3. The maximum Gasteiger partial charge on any atom is 0.387 e. The molecule has 0 bridgehead atoms. The van der Waals surface area contributed by atoms with Crippen LogP contribution in [0.2, 0.25) is 5.02 Å². The molecule has 0 atom stereocenters.